The van der Waals surface area contributed by atoms with E-state index < -0.39 is 0 Å². The van der Waals surface area contributed by atoms with E-state index in [4.69, 9.17) is 10.00 Å². The van der Waals surface area contributed by atoms with Crippen LogP contribution >= 0.6 is 0 Å². The molecule has 2 heteroatoms. The Hall–Kier alpha value is -0.550. The number of hydrogen-bond acceptors (Lipinski definition) is 2. The first-order valence-corrected chi connectivity index (χ1v) is 5.39. The third kappa shape index (κ3) is 1.86. The third-order valence-electron chi connectivity index (χ3n) is 3.41. The lowest BCUT2D eigenvalue weighted by Gasteiger charge is -2.38. The van der Waals surface area contributed by atoms with Crippen molar-refractivity contribution >= 4 is 0 Å². The summed E-state index contributed by atoms with van der Waals surface area (Å²) < 4.78 is 6.05. The number of rotatable bonds is 1. The molecule has 13 heavy (non-hydrogen) atoms. The van der Waals surface area contributed by atoms with Crippen molar-refractivity contribution in [2.24, 2.45) is 0 Å². The van der Waals surface area contributed by atoms with E-state index in [9.17, 15) is 0 Å². The van der Waals surface area contributed by atoms with Gasteiger partial charge >= 0.3 is 0 Å². The molecule has 1 unspecified atom stereocenters. The summed E-state index contributed by atoms with van der Waals surface area (Å²) >= 11 is 0. The SMILES string of the molecule is N#CCC1CCCC2(CCCC2)O1. The van der Waals surface area contributed by atoms with E-state index in [1.54, 1.807) is 0 Å². The van der Waals surface area contributed by atoms with Gasteiger partial charge in [0, 0.05) is 0 Å². The predicted octanol–water partition coefficient (Wildman–Crippen LogP) is 2.78. The fourth-order valence-electron chi connectivity index (χ4n) is 2.76. The minimum atomic E-state index is 0.194. The zero-order chi connectivity index (χ0) is 9.15. The smallest absolute Gasteiger partial charge is 0.0712 e. The minimum absolute atomic E-state index is 0.194. The highest BCUT2D eigenvalue weighted by atomic mass is 16.5. The monoisotopic (exact) mass is 179 g/mol. The van der Waals surface area contributed by atoms with Gasteiger partial charge in [-0.15, -0.1) is 0 Å². The van der Waals surface area contributed by atoms with Crippen LogP contribution in [0.5, 0.6) is 0 Å². The van der Waals surface area contributed by atoms with Crippen molar-refractivity contribution < 1.29 is 4.74 Å². The van der Waals surface area contributed by atoms with Crippen LogP contribution in [0.4, 0.5) is 0 Å². The molecule has 0 bridgehead atoms. The normalized spacial score (nSPS) is 31.8. The maximum Gasteiger partial charge on any atom is 0.0712 e. The van der Waals surface area contributed by atoms with Crippen molar-refractivity contribution in [3.05, 3.63) is 0 Å². The Morgan fingerprint density at radius 1 is 1.23 bits per heavy atom. The summed E-state index contributed by atoms with van der Waals surface area (Å²) in [4.78, 5) is 0. The molecule has 1 aliphatic heterocycles. The van der Waals surface area contributed by atoms with Crippen LogP contribution in [0, 0.1) is 11.3 Å². The van der Waals surface area contributed by atoms with Crippen molar-refractivity contribution in [2.75, 3.05) is 0 Å². The first-order valence-electron chi connectivity index (χ1n) is 5.39. The van der Waals surface area contributed by atoms with Crippen molar-refractivity contribution in [3.63, 3.8) is 0 Å². The summed E-state index contributed by atoms with van der Waals surface area (Å²) in [6.07, 6.45) is 9.50. The number of nitrogens with zero attached hydrogens (tertiary/aromatic N) is 1. The Labute approximate surface area is 79.9 Å². The second kappa shape index (κ2) is 3.67. The first kappa shape index (κ1) is 9.02. The first-order chi connectivity index (χ1) is 6.35. The van der Waals surface area contributed by atoms with E-state index in [1.165, 1.54) is 38.5 Å². The lowest BCUT2D eigenvalue weighted by atomic mass is 9.89. The van der Waals surface area contributed by atoms with Gasteiger partial charge < -0.3 is 4.74 Å². The zero-order valence-corrected chi connectivity index (χ0v) is 8.09. The van der Waals surface area contributed by atoms with E-state index in [-0.39, 0.29) is 11.7 Å². The fourth-order valence-corrected chi connectivity index (χ4v) is 2.76. The van der Waals surface area contributed by atoms with E-state index in [2.05, 4.69) is 6.07 Å². The highest BCUT2D eigenvalue weighted by Crippen LogP contribution is 2.42. The molecule has 1 saturated carbocycles. The van der Waals surface area contributed by atoms with Crippen molar-refractivity contribution in [3.8, 4) is 6.07 Å². The van der Waals surface area contributed by atoms with Gasteiger partial charge in [-0.1, -0.05) is 12.8 Å². The quantitative estimate of drug-likeness (QED) is 0.620. The average molecular weight is 179 g/mol. The Balaban J connectivity index is 1.95. The maximum absolute atomic E-state index is 8.62. The van der Waals surface area contributed by atoms with Crippen LogP contribution in [-0.2, 0) is 4.74 Å². The van der Waals surface area contributed by atoms with E-state index in [0.29, 0.717) is 6.42 Å². The highest BCUT2D eigenvalue weighted by molar-refractivity contribution is 4.92. The van der Waals surface area contributed by atoms with Gasteiger partial charge in [0.2, 0.25) is 0 Å². The summed E-state index contributed by atoms with van der Waals surface area (Å²) in [6.45, 7) is 0. The lowest BCUT2D eigenvalue weighted by molar-refractivity contribution is -0.122. The summed E-state index contributed by atoms with van der Waals surface area (Å²) in [6, 6.07) is 2.22. The standard InChI is InChI=1S/C11H17NO/c12-9-5-10-4-3-8-11(13-10)6-1-2-7-11/h10H,1-8H2. The van der Waals surface area contributed by atoms with Crippen molar-refractivity contribution in [1.82, 2.24) is 0 Å². The van der Waals surface area contributed by atoms with Gasteiger partial charge in [0.05, 0.1) is 24.2 Å². The summed E-state index contributed by atoms with van der Waals surface area (Å²) in [5.74, 6) is 0. The van der Waals surface area contributed by atoms with Crippen LogP contribution in [0.1, 0.15) is 51.4 Å². The van der Waals surface area contributed by atoms with Gasteiger partial charge in [-0.3, -0.25) is 0 Å². The second-order valence-corrected chi connectivity index (χ2v) is 4.38. The second-order valence-electron chi connectivity index (χ2n) is 4.38. The van der Waals surface area contributed by atoms with E-state index >= 15 is 0 Å². The summed E-state index contributed by atoms with van der Waals surface area (Å²) in [7, 11) is 0. The van der Waals surface area contributed by atoms with Gasteiger partial charge in [-0.2, -0.15) is 5.26 Å². The molecule has 0 aromatic heterocycles. The van der Waals surface area contributed by atoms with Crippen molar-refractivity contribution in [2.45, 2.75) is 63.1 Å². The molecule has 0 aromatic carbocycles. The molecule has 0 amide bonds. The van der Waals surface area contributed by atoms with Crippen molar-refractivity contribution in [1.29, 1.82) is 5.26 Å². The average Bonchev–Trinajstić information content (AvgIpc) is 2.54. The summed E-state index contributed by atoms with van der Waals surface area (Å²) in [5.41, 5.74) is 0.194. The molecule has 1 atom stereocenters. The molecule has 72 valence electrons. The van der Waals surface area contributed by atoms with Crippen LogP contribution in [0.2, 0.25) is 0 Å². The molecule has 1 heterocycles. The topological polar surface area (TPSA) is 33.0 Å². The van der Waals surface area contributed by atoms with Gasteiger partial charge in [-0.05, 0) is 32.1 Å². The Bertz CT molecular complexity index is 213. The third-order valence-corrected chi connectivity index (χ3v) is 3.41. The molecule has 2 nitrogen and oxygen atoms in total. The lowest BCUT2D eigenvalue weighted by Crippen LogP contribution is -2.38. The van der Waals surface area contributed by atoms with Gasteiger partial charge in [0.25, 0.3) is 0 Å². The Kier molecular flexibility index (Phi) is 2.55. The summed E-state index contributed by atoms with van der Waals surface area (Å²) in [5, 5.41) is 8.62. The number of hydrogen-bond donors (Lipinski definition) is 0. The Morgan fingerprint density at radius 3 is 2.62 bits per heavy atom. The molecule has 0 N–H and O–H groups in total. The molecule has 1 spiro atoms. The van der Waals surface area contributed by atoms with E-state index in [0.717, 1.165) is 6.42 Å². The highest BCUT2D eigenvalue weighted by Gasteiger charge is 2.39. The van der Waals surface area contributed by atoms with E-state index in [1.807, 2.05) is 0 Å². The molecule has 2 rings (SSSR count). The number of ether oxygens (including phenoxy) is 1. The predicted molar refractivity (Wildman–Crippen MR) is 50.2 cm³/mol. The fraction of sp³-hybridized carbons (Fsp3) is 0.909. The maximum atomic E-state index is 8.62. The van der Waals surface area contributed by atoms with Crippen LogP contribution in [0.15, 0.2) is 0 Å². The molecule has 2 aliphatic rings. The Morgan fingerprint density at radius 2 is 1.92 bits per heavy atom. The van der Waals surface area contributed by atoms with Gasteiger partial charge in [-0.25, -0.2) is 0 Å². The van der Waals surface area contributed by atoms with Gasteiger partial charge in [0.15, 0.2) is 0 Å². The zero-order valence-electron chi connectivity index (χ0n) is 8.09. The molecule has 0 radical (unpaired) electrons. The molecule has 2 fully saturated rings. The molecule has 1 saturated heterocycles. The molecule has 1 aliphatic carbocycles. The van der Waals surface area contributed by atoms with Crippen LogP contribution in [-0.4, -0.2) is 11.7 Å². The van der Waals surface area contributed by atoms with Crippen LogP contribution in [0.3, 0.4) is 0 Å². The molecule has 0 aromatic rings. The largest absolute Gasteiger partial charge is 0.371 e. The van der Waals surface area contributed by atoms with Crippen LogP contribution in [0.25, 0.3) is 0 Å². The minimum Gasteiger partial charge on any atom is -0.371 e. The molecular weight excluding hydrogens is 162 g/mol. The molecular formula is C11H17NO. The van der Waals surface area contributed by atoms with Crippen LogP contribution < -0.4 is 0 Å². The van der Waals surface area contributed by atoms with Gasteiger partial charge in [0.1, 0.15) is 0 Å². The number of nitriles is 1.